The molecule has 128 valence electrons. The van der Waals surface area contributed by atoms with Gasteiger partial charge < -0.3 is 4.90 Å². The van der Waals surface area contributed by atoms with Gasteiger partial charge in [-0.15, -0.1) is 0 Å². The molecule has 0 bridgehead atoms. The van der Waals surface area contributed by atoms with Crippen LogP contribution in [-0.4, -0.2) is 53.5 Å². The van der Waals surface area contributed by atoms with Gasteiger partial charge in [0.05, 0.1) is 29.0 Å². The van der Waals surface area contributed by atoms with E-state index in [1.807, 2.05) is 6.92 Å². The number of rotatable bonds is 4. The van der Waals surface area contributed by atoms with Crippen molar-refractivity contribution in [2.45, 2.75) is 19.4 Å². The van der Waals surface area contributed by atoms with Crippen LogP contribution in [-0.2, 0) is 9.84 Å². The molecule has 8 heteroatoms. The van der Waals surface area contributed by atoms with Crippen LogP contribution in [0.15, 0.2) is 30.5 Å². The van der Waals surface area contributed by atoms with Gasteiger partial charge in [0.1, 0.15) is 5.82 Å². The molecule has 0 spiro atoms. The molecule has 0 saturated carbocycles. The Balaban J connectivity index is 1.92. The van der Waals surface area contributed by atoms with Crippen LogP contribution in [0.4, 0.5) is 4.39 Å². The zero-order valence-electron chi connectivity index (χ0n) is 13.2. The lowest BCUT2D eigenvalue weighted by molar-refractivity contribution is 0.0709. The number of carbonyl (C=O) groups excluding carboxylic acids is 1. The number of nitrogens with zero attached hydrogens (tertiary/aromatic N) is 2. The summed E-state index contributed by atoms with van der Waals surface area (Å²) in [6, 6.07) is 5.55. The van der Waals surface area contributed by atoms with Crippen molar-refractivity contribution in [3.8, 4) is 11.3 Å². The van der Waals surface area contributed by atoms with Gasteiger partial charge in [-0.05, 0) is 25.5 Å². The first-order valence-corrected chi connectivity index (χ1v) is 9.54. The van der Waals surface area contributed by atoms with Gasteiger partial charge in [-0.1, -0.05) is 12.1 Å². The van der Waals surface area contributed by atoms with Gasteiger partial charge in [0.25, 0.3) is 5.91 Å². The number of aromatic amines is 1. The van der Waals surface area contributed by atoms with E-state index in [1.54, 1.807) is 17.0 Å². The van der Waals surface area contributed by atoms with Gasteiger partial charge in [-0.3, -0.25) is 9.89 Å². The Morgan fingerprint density at radius 2 is 2.25 bits per heavy atom. The number of amides is 1. The molecule has 1 N–H and O–H groups in total. The van der Waals surface area contributed by atoms with E-state index in [2.05, 4.69) is 10.2 Å². The van der Waals surface area contributed by atoms with Gasteiger partial charge in [-0.2, -0.15) is 5.10 Å². The summed E-state index contributed by atoms with van der Waals surface area (Å²) in [7, 11) is -3.09. The summed E-state index contributed by atoms with van der Waals surface area (Å²) in [6.45, 7) is 2.21. The molecule has 1 aliphatic rings. The van der Waals surface area contributed by atoms with E-state index in [1.165, 1.54) is 18.3 Å². The molecule has 1 fully saturated rings. The van der Waals surface area contributed by atoms with Crippen LogP contribution in [0.25, 0.3) is 11.3 Å². The molecule has 1 aliphatic heterocycles. The lowest BCUT2D eigenvalue weighted by Crippen LogP contribution is -2.41. The van der Waals surface area contributed by atoms with Crippen LogP contribution in [0.3, 0.4) is 0 Å². The quantitative estimate of drug-likeness (QED) is 0.911. The number of H-pyrrole nitrogens is 1. The number of carbonyl (C=O) groups is 1. The Labute approximate surface area is 139 Å². The fourth-order valence-corrected chi connectivity index (χ4v) is 4.79. The Morgan fingerprint density at radius 3 is 2.88 bits per heavy atom. The second-order valence-electron chi connectivity index (χ2n) is 5.82. The molecule has 0 unspecified atom stereocenters. The van der Waals surface area contributed by atoms with Crippen molar-refractivity contribution < 1.29 is 17.6 Å². The third kappa shape index (κ3) is 3.19. The van der Waals surface area contributed by atoms with E-state index in [0.29, 0.717) is 29.8 Å². The molecule has 0 aliphatic carbocycles. The summed E-state index contributed by atoms with van der Waals surface area (Å²) in [5.41, 5.74) is 1.26. The lowest BCUT2D eigenvalue weighted by atomic mass is 10.1. The van der Waals surface area contributed by atoms with E-state index in [4.69, 9.17) is 0 Å². The molecular formula is C16H18FN3O3S. The van der Waals surface area contributed by atoms with E-state index < -0.39 is 15.7 Å². The first kappa shape index (κ1) is 16.6. The maximum atomic E-state index is 13.5. The van der Waals surface area contributed by atoms with E-state index in [9.17, 15) is 17.6 Å². The van der Waals surface area contributed by atoms with Crippen LogP contribution in [0, 0.1) is 5.82 Å². The zero-order valence-corrected chi connectivity index (χ0v) is 14.0. The average molecular weight is 351 g/mol. The van der Waals surface area contributed by atoms with Crippen LogP contribution in [0.2, 0.25) is 0 Å². The maximum Gasteiger partial charge on any atom is 0.257 e. The number of sulfone groups is 1. The molecule has 1 aromatic carbocycles. The van der Waals surface area contributed by atoms with Gasteiger partial charge in [0, 0.05) is 18.2 Å². The second-order valence-corrected chi connectivity index (χ2v) is 8.05. The summed E-state index contributed by atoms with van der Waals surface area (Å²) in [6.07, 6.45) is 1.84. The van der Waals surface area contributed by atoms with Crippen molar-refractivity contribution in [1.82, 2.24) is 15.1 Å². The van der Waals surface area contributed by atoms with Gasteiger partial charge >= 0.3 is 0 Å². The fourth-order valence-electron chi connectivity index (χ4n) is 3.06. The minimum atomic E-state index is -3.09. The van der Waals surface area contributed by atoms with E-state index in [0.717, 1.165) is 0 Å². The van der Waals surface area contributed by atoms with Crippen molar-refractivity contribution in [2.24, 2.45) is 0 Å². The monoisotopic (exact) mass is 351 g/mol. The molecule has 0 radical (unpaired) electrons. The smallest absolute Gasteiger partial charge is 0.257 e. The third-order valence-electron chi connectivity index (χ3n) is 4.23. The van der Waals surface area contributed by atoms with Crippen LogP contribution >= 0.6 is 0 Å². The number of benzene rings is 1. The van der Waals surface area contributed by atoms with E-state index >= 15 is 0 Å². The predicted octanol–water partition coefficient (Wildman–Crippen LogP) is 1.86. The first-order valence-electron chi connectivity index (χ1n) is 7.72. The molecular weight excluding hydrogens is 333 g/mol. The third-order valence-corrected chi connectivity index (χ3v) is 5.98. The van der Waals surface area contributed by atoms with Crippen molar-refractivity contribution >= 4 is 15.7 Å². The molecule has 3 rings (SSSR count). The lowest BCUT2D eigenvalue weighted by Gasteiger charge is -2.26. The van der Waals surface area contributed by atoms with Crippen molar-refractivity contribution in [3.63, 3.8) is 0 Å². The number of hydrogen-bond acceptors (Lipinski definition) is 4. The topological polar surface area (TPSA) is 83.1 Å². The Hall–Kier alpha value is -2.22. The number of nitrogens with one attached hydrogen (secondary N) is 1. The molecule has 1 amide bonds. The Bertz CT molecular complexity index is 863. The summed E-state index contributed by atoms with van der Waals surface area (Å²) in [5, 5.41) is 6.64. The average Bonchev–Trinajstić information content (AvgIpc) is 3.14. The Kier molecular flexibility index (Phi) is 4.40. The van der Waals surface area contributed by atoms with Gasteiger partial charge in [0.2, 0.25) is 0 Å². The van der Waals surface area contributed by atoms with Crippen molar-refractivity contribution in [2.75, 3.05) is 18.1 Å². The van der Waals surface area contributed by atoms with Gasteiger partial charge in [-0.25, -0.2) is 12.8 Å². The summed E-state index contributed by atoms with van der Waals surface area (Å²) < 4.78 is 36.8. The largest absolute Gasteiger partial charge is 0.335 e. The highest BCUT2D eigenvalue weighted by molar-refractivity contribution is 7.91. The first-order chi connectivity index (χ1) is 11.4. The highest BCUT2D eigenvalue weighted by Crippen LogP contribution is 2.25. The maximum absolute atomic E-state index is 13.5. The summed E-state index contributed by atoms with van der Waals surface area (Å²) in [4.78, 5) is 14.4. The van der Waals surface area contributed by atoms with Crippen LogP contribution in [0.1, 0.15) is 23.7 Å². The molecule has 6 nitrogen and oxygen atoms in total. The zero-order chi connectivity index (χ0) is 17.3. The fraction of sp³-hybridized carbons (Fsp3) is 0.375. The summed E-state index contributed by atoms with van der Waals surface area (Å²) >= 11 is 0. The normalized spacial score (nSPS) is 19.3. The minimum absolute atomic E-state index is 0.0142. The van der Waals surface area contributed by atoms with Crippen LogP contribution in [0.5, 0.6) is 0 Å². The van der Waals surface area contributed by atoms with Crippen molar-refractivity contribution in [1.29, 1.82) is 0 Å². The molecule has 2 aromatic rings. The highest BCUT2D eigenvalue weighted by atomic mass is 32.2. The number of aromatic nitrogens is 2. The molecule has 24 heavy (non-hydrogen) atoms. The standard InChI is InChI=1S/C16H18FN3O3S/c1-2-20(13-6-7-24(22,23)10-13)16(21)14-9-18-19-15(14)11-4-3-5-12(17)8-11/h3-5,8-9,13H,2,6-7,10H2,1H3,(H,18,19)/t13-/m0/s1. The molecule has 2 heterocycles. The van der Waals surface area contributed by atoms with Gasteiger partial charge in [0.15, 0.2) is 9.84 Å². The molecule has 1 aromatic heterocycles. The highest BCUT2D eigenvalue weighted by Gasteiger charge is 2.35. The minimum Gasteiger partial charge on any atom is -0.335 e. The van der Waals surface area contributed by atoms with E-state index in [-0.39, 0.29) is 23.5 Å². The SMILES string of the molecule is CCN(C(=O)c1cn[nH]c1-c1cccc(F)c1)[C@H]1CCS(=O)(=O)C1. The van der Waals surface area contributed by atoms with Crippen molar-refractivity contribution in [3.05, 3.63) is 41.8 Å². The van der Waals surface area contributed by atoms with Crippen LogP contribution < -0.4 is 0 Å². The second kappa shape index (κ2) is 6.35. The predicted molar refractivity (Wildman–Crippen MR) is 87.8 cm³/mol. The number of hydrogen-bond donors (Lipinski definition) is 1. The molecule has 1 atom stereocenters. The Morgan fingerprint density at radius 1 is 1.46 bits per heavy atom. The summed E-state index contributed by atoms with van der Waals surface area (Å²) in [5.74, 6) is -0.620. The molecule has 1 saturated heterocycles. The number of halogens is 1.